The van der Waals surface area contributed by atoms with Gasteiger partial charge in [-0.2, -0.15) is 0 Å². The molecule has 1 N–H and O–H groups in total. The van der Waals surface area contributed by atoms with Crippen molar-refractivity contribution in [3.05, 3.63) is 22.8 Å². The summed E-state index contributed by atoms with van der Waals surface area (Å²) < 4.78 is 0. The molecule has 1 aliphatic heterocycles. The maximum absolute atomic E-state index is 6.43. The van der Waals surface area contributed by atoms with Crippen LogP contribution in [0.5, 0.6) is 0 Å². The molecule has 2 rings (SSSR count). The molecule has 0 aromatic carbocycles. The Kier molecular flexibility index (Phi) is 5.28. The number of nitrogens with one attached hydrogen (secondary N) is 1. The lowest BCUT2D eigenvalue weighted by molar-refractivity contribution is 0.323. The first-order chi connectivity index (χ1) is 9.47. The third kappa shape index (κ3) is 3.86. The zero-order valence-electron chi connectivity index (χ0n) is 13.0. The molecule has 0 bridgehead atoms. The molecule has 2 heterocycles. The van der Waals surface area contributed by atoms with Crippen LogP contribution < -0.4 is 10.2 Å². The number of hydrogen-bond acceptors (Lipinski definition) is 3. The van der Waals surface area contributed by atoms with E-state index in [0.717, 1.165) is 42.0 Å². The number of rotatable bonds is 4. The van der Waals surface area contributed by atoms with Gasteiger partial charge in [-0.15, -0.1) is 0 Å². The molecule has 1 fully saturated rings. The molecule has 2 unspecified atom stereocenters. The number of nitrogens with zero attached hydrogens (tertiary/aromatic N) is 2. The standard InChI is InChI=1S/C16H26ClN3/c1-11(2)18-8-14-7-15(17)16(19-9-14)20-6-5-12(3)13(4)10-20/h7,9,11-13,18H,5-6,8,10H2,1-4H3. The number of hydrogen-bond donors (Lipinski definition) is 1. The average Bonchev–Trinajstić information content (AvgIpc) is 2.40. The fraction of sp³-hybridized carbons (Fsp3) is 0.688. The summed E-state index contributed by atoms with van der Waals surface area (Å²) >= 11 is 6.43. The fourth-order valence-corrected chi connectivity index (χ4v) is 2.89. The highest BCUT2D eigenvalue weighted by molar-refractivity contribution is 6.33. The summed E-state index contributed by atoms with van der Waals surface area (Å²) in [5.74, 6) is 2.43. The van der Waals surface area contributed by atoms with Crippen LogP contribution in [0.3, 0.4) is 0 Å². The largest absolute Gasteiger partial charge is 0.355 e. The van der Waals surface area contributed by atoms with Crippen molar-refractivity contribution in [2.45, 2.75) is 46.7 Å². The maximum Gasteiger partial charge on any atom is 0.147 e. The van der Waals surface area contributed by atoms with Gasteiger partial charge < -0.3 is 10.2 Å². The summed E-state index contributed by atoms with van der Waals surface area (Å²) in [6, 6.07) is 2.51. The topological polar surface area (TPSA) is 28.2 Å². The Labute approximate surface area is 127 Å². The van der Waals surface area contributed by atoms with Gasteiger partial charge in [0.05, 0.1) is 5.02 Å². The minimum Gasteiger partial charge on any atom is -0.355 e. The molecular formula is C16H26ClN3. The number of piperidine rings is 1. The third-order valence-electron chi connectivity index (χ3n) is 4.23. The maximum atomic E-state index is 6.43. The monoisotopic (exact) mass is 295 g/mol. The molecule has 0 spiro atoms. The van der Waals surface area contributed by atoms with E-state index < -0.39 is 0 Å². The van der Waals surface area contributed by atoms with Crippen molar-refractivity contribution in [3.8, 4) is 0 Å². The molecule has 2 atom stereocenters. The quantitative estimate of drug-likeness (QED) is 0.918. The Bertz CT molecular complexity index is 447. The average molecular weight is 296 g/mol. The van der Waals surface area contributed by atoms with Crippen molar-refractivity contribution in [1.82, 2.24) is 10.3 Å². The van der Waals surface area contributed by atoms with Crippen LogP contribution in [0.15, 0.2) is 12.3 Å². The lowest BCUT2D eigenvalue weighted by atomic mass is 9.89. The highest BCUT2D eigenvalue weighted by atomic mass is 35.5. The summed E-state index contributed by atoms with van der Waals surface area (Å²) in [5, 5.41) is 4.16. The summed E-state index contributed by atoms with van der Waals surface area (Å²) in [7, 11) is 0. The van der Waals surface area contributed by atoms with E-state index in [9.17, 15) is 0 Å². The van der Waals surface area contributed by atoms with Crippen LogP contribution in [0.4, 0.5) is 5.82 Å². The number of anilines is 1. The smallest absolute Gasteiger partial charge is 0.147 e. The second-order valence-electron chi connectivity index (χ2n) is 6.37. The van der Waals surface area contributed by atoms with E-state index in [1.165, 1.54) is 6.42 Å². The van der Waals surface area contributed by atoms with Gasteiger partial charge in [-0.3, -0.25) is 0 Å². The Balaban J connectivity index is 2.06. The fourth-order valence-electron chi connectivity index (χ4n) is 2.58. The molecule has 1 aromatic heterocycles. The van der Waals surface area contributed by atoms with Crippen molar-refractivity contribution in [2.75, 3.05) is 18.0 Å². The zero-order valence-corrected chi connectivity index (χ0v) is 13.7. The van der Waals surface area contributed by atoms with Gasteiger partial charge in [0.25, 0.3) is 0 Å². The predicted octanol–water partition coefficient (Wildman–Crippen LogP) is 3.72. The molecule has 1 saturated heterocycles. The van der Waals surface area contributed by atoms with Gasteiger partial charge in [0.2, 0.25) is 0 Å². The van der Waals surface area contributed by atoms with Crippen LogP contribution in [-0.4, -0.2) is 24.1 Å². The normalized spacial score (nSPS) is 23.4. The van der Waals surface area contributed by atoms with Crippen LogP contribution >= 0.6 is 11.6 Å². The second kappa shape index (κ2) is 6.77. The van der Waals surface area contributed by atoms with Crippen molar-refractivity contribution in [2.24, 2.45) is 11.8 Å². The lowest BCUT2D eigenvalue weighted by Gasteiger charge is -2.36. The van der Waals surface area contributed by atoms with Crippen LogP contribution in [0.1, 0.15) is 39.7 Å². The minimum absolute atomic E-state index is 0.470. The molecule has 1 aromatic rings. The van der Waals surface area contributed by atoms with Gasteiger partial charge in [-0.05, 0) is 29.9 Å². The van der Waals surface area contributed by atoms with E-state index in [4.69, 9.17) is 11.6 Å². The Morgan fingerprint density at radius 2 is 2.15 bits per heavy atom. The van der Waals surface area contributed by atoms with Gasteiger partial charge in [-0.1, -0.05) is 39.3 Å². The van der Waals surface area contributed by atoms with Gasteiger partial charge in [0, 0.05) is 31.9 Å². The lowest BCUT2D eigenvalue weighted by Crippen LogP contribution is -2.39. The molecule has 0 aliphatic carbocycles. The van der Waals surface area contributed by atoms with Gasteiger partial charge >= 0.3 is 0 Å². The molecule has 0 radical (unpaired) electrons. The summed E-state index contributed by atoms with van der Waals surface area (Å²) in [5.41, 5.74) is 1.14. The van der Waals surface area contributed by atoms with Gasteiger partial charge in [0.15, 0.2) is 0 Å². The van der Waals surface area contributed by atoms with Crippen LogP contribution in [0.2, 0.25) is 5.02 Å². The summed E-state index contributed by atoms with van der Waals surface area (Å²) in [6.45, 7) is 11.8. The Morgan fingerprint density at radius 1 is 1.40 bits per heavy atom. The van der Waals surface area contributed by atoms with E-state index in [1.807, 2.05) is 12.3 Å². The first kappa shape index (κ1) is 15.6. The van der Waals surface area contributed by atoms with Gasteiger partial charge in [-0.25, -0.2) is 4.98 Å². The first-order valence-electron chi connectivity index (χ1n) is 7.60. The second-order valence-corrected chi connectivity index (χ2v) is 6.78. The summed E-state index contributed by atoms with van der Waals surface area (Å²) in [4.78, 5) is 6.92. The molecule has 20 heavy (non-hydrogen) atoms. The number of aromatic nitrogens is 1. The van der Waals surface area contributed by atoms with Crippen LogP contribution in [-0.2, 0) is 6.54 Å². The predicted molar refractivity (Wildman–Crippen MR) is 86.4 cm³/mol. The van der Waals surface area contributed by atoms with Crippen molar-refractivity contribution in [3.63, 3.8) is 0 Å². The van der Waals surface area contributed by atoms with Crippen molar-refractivity contribution < 1.29 is 0 Å². The molecule has 4 heteroatoms. The highest BCUT2D eigenvalue weighted by Gasteiger charge is 2.24. The van der Waals surface area contributed by atoms with Gasteiger partial charge in [0.1, 0.15) is 5.82 Å². The van der Waals surface area contributed by atoms with Crippen LogP contribution in [0.25, 0.3) is 0 Å². The molecule has 112 valence electrons. The Hall–Kier alpha value is -0.800. The number of halogens is 1. The molecule has 0 saturated carbocycles. The molecule has 3 nitrogen and oxygen atoms in total. The van der Waals surface area contributed by atoms with Crippen molar-refractivity contribution >= 4 is 17.4 Å². The van der Waals surface area contributed by atoms with E-state index >= 15 is 0 Å². The van der Waals surface area contributed by atoms with E-state index in [-0.39, 0.29) is 0 Å². The van der Waals surface area contributed by atoms with E-state index in [0.29, 0.717) is 12.0 Å². The SMILES string of the molecule is CC(C)NCc1cnc(N2CCC(C)C(C)C2)c(Cl)c1. The highest BCUT2D eigenvalue weighted by Crippen LogP contribution is 2.30. The zero-order chi connectivity index (χ0) is 14.7. The summed E-state index contributed by atoms with van der Waals surface area (Å²) in [6.07, 6.45) is 3.16. The molecular weight excluding hydrogens is 270 g/mol. The molecule has 1 aliphatic rings. The first-order valence-corrected chi connectivity index (χ1v) is 7.98. The van der Waals surface area contributed by atoms with Crippen LogP contribution in [0, 0.1) is 11.8 Å². The van der Waals surface area contributed by atoms with E-state index in [1.54, 1.807) is 0 Å². The minimum atomic E-state index is 0.470. The van der Waals surface area contributed by atoms with Crippen molar-refractivity contribution in [1.29, 1.82) is 0 Å². The molecule has 0 amide bonds. The van der Waals surface area contributed by atoms with E-state index in [2.05, 4.69) is 42.9 Å². The number of pyridine rings is 1. The Morgan fingerprint density at radius 3 is 2.75 bits per heavy atom. The third-order valence-corrected chi connectivity index (χ3v) is 4.50.